The van der Waals surface area contributed by atoms with Crippen molar-refractivity contribution in [3.8, 4) is 11.5 Å². The fraction of sp³-hybridized carbons (Fsp3) is 0.429. The maximum atomic E-state index is 9.02. The summed E-state index contributed by atoms with van der Waals surface area (Å²) in [4.78, 5) is 0. The SMILES string of the molecule is C.CC(C)(C)c1ccc(O)cc1.[2H]Cl.[2H]Oc1c([2H])cc(C(C)(C)C)cc1[2H]. The summed E-state index contributed by atoms with van der Waals surface area (Å²) in [5.74, 6) is 0.344. The monoisotopic (exact) mass is 356 g/mol. The number of benzene rings is 2. The van der Waals surface area contributed by atoms with Crippen molar-refractivity contribution in [3.63, 3.8) is 0 Å². The quantitative estimate of drug-likeness (QED) is 0.617. The van der Waals surface area contributed by atoms with Gasteiger partial charge in [-0.2, -0.15) is 0 Å². The summed E-state index contributed by atoms with van der Waals surface area (Å²) in [6, 6.07) is 10.8. The Kier molecular flexibility index (Phi) is 6.85. The minimum Gasteiger partial charge on any atom is -0.508 e. The average Bonchev–Trinajstić information content (AvgIpc) is 2.56. The Labute approximate surface area is 159 Å². The van der Waals surface area contributed by atoms with Crippen molar-refractivity contribution in [2.45, 2.75) is 59.8 Å². The second kappa shape index (κ2) is 9.58. The van der Waals surface area contributed by atoms with Crippen LogP contribution < -0.4 is 0 Å². The Bertz CT molecular complexity index is 683. The predicted octanol–water partition coefficient (Wildman–Crippen LogP) is 6.44. The maximum absolute atomic E-state index is 9.02. The van der Waals surface area contributed by atoms with Crippen LogP contribution in [0.15, 0.2) is 48.5 Å². The van der Waals surface area contributed by atoms with Gasteiger partial charge in [0.25, 0.3) is 1.43 Å². The van der Waals surface area contributed by atoms with Gasteiger partial charge in [-0.05, 0) is 46.2 Å². The van der Waals surface area contributed by atoms with Crippen LogP contribution in [0.5, 0.6) is 11.5 Å². The van der Waals surface area contributed by atoms with Gasteiger partial charge >= 0.3 is 0 Å². The van der Waals surface area contributed by atoms with Gasteiger partial charge in [-0.15, -0.1) is 12.3 Å². The third-order valence-electron chi connectivity index (χ3n) is 3.32. The Balaban J connectivity index is 0. The number of aromatic hydroxyl groups is 2. The smallest absolute Gasteiger partial charge is 0.293 e. The Morgan fingerprint density at radius 3 is 1.50 bits per heavy atom. The van der Waals surface area contributed by atoms with Crippen LogP contribution in [-0.4, -0.2) is 12.8 Å². The lowest BCUT2D eigenvalue weighted by molar-refractivity contribution is 0.473. The van der Waals surface area contributed by atoms with E-state index in [1.54, 1.807) is 24.3 Å². The summed E-state index contributed by atoms with van der Waals surface area (Å²) in [6.07, 6.45) is 0. The molecule has 0 radical (unpaired) electrons. The van der Waals surface area contributed by atoms with E-state index in [4.69, 9.17) is 10.5 Å². The first kappa shape index (κ1) is 17.2. The number of phenols is 2. The van der Waals surface area contributed by atoms with Crippen molar-refractivity contribution in [2.75, 3.05) is 0 Å². The standard InChI is InChI=1S/2C10H14O.CH4.ClH/c2*1-10(2,3)8-4-6-9(11)7-5-8;;/h2*4-7,11H,1-3H3;1H4;1H/i6D,7D;;;/hD2. The normalized spacial score (nSPS) is 12.5. The van der Waals surface area contributed by atoms with Crippen molar-refractivity contribution >= 4 is 12.3 Å². The predicted molar refractivity (Wildman–Crippen MR) is 108 cm³/mol. The summed E-state index contributed by atoms with van der Waals surface area (Å²) >= 11 is 3.89. The number of phenolic OH excluding ortho intramolecular Hbond substituents is 2. The molecule has 0 aliphatic rings. The van der Waals surface area contributed by atoms with E-state index in [-0.39, 0.29) is 36.1 Å². The third kappa shape index (κ3) is 8.26. The third-order valence-corrected chi connectivity index (χ3v) is 3.32. The molecule has 0 aliphatic carbocycles. The molecular formula is C21H33ClO2. The first-order valence-corrected chi connectivity index (χ1v) is 7.40. The Morgan fingerprint density at radius 2 is 1.17 bits per heavy atom. The molecule has 2 N–H and O–H groups in total. The summed E-state index contributed by atoms with van der Waals surface area (Å²) < 4.78 is 27.1. The van der Waals surface area contributed by atoms with Crippen molar-refractivity contribution in [1.82, 2.24) is 0 Å². The second-order valence-corrected chi connectivity index (χ2v) is 7.41. The number of hydrogen-bond donors (Lipinski definition) is 2. The van der Waals surface area contributed by atoms with Gasteiger partial charge in [0.15, 0.2) is 0 Å². The fourth-order valence-electron chi connectivity index (χ4n) is 1.76. The van der Waals surface area contributed by atoms with Crippen LogP contribution >= 0.6 is 12.3 Å². The zero-order valence-corrected chi connectivity index (χ0v) is 15.5. The van der Waals surface area contributed by atoms with E-state index in [2.05, 4.69) is 38.2 Å². The molecule has 2 aromatic rings. The number of hydrogen-bond acceptors (Lipinski definition) is 2. The lowest BCUT2D eigenvalue weighted by Gasteiger charge is -2.18. The van der Waals surface area contributed by atoms with Crippen LogP contribution in [0, 0.1) is 0 Å². The minimum atomic E-state index is -0.0911. The molecule has 0 unspecified atom stereocenters. The molecule has 3 heteroatoms. The van der Waals surface area contributed by atoms with Gasteiger partial charge in [0.1, 0.15) is 12.7 Å². The van der Waals surface area contributed by atoms with Gasteiger partial charge in [-0.25, -0.2) is 0 Å². The Morgan fingerprint density at radius 1 is 0.792 bits per heavy atom. The minimum absolute atomic E-state index is 0. The van der Waals surface area contributed by atoms with Crippen LogP contribution in [0.3, 0.4) is 0 Å². The molecule has 24 heavy (non-hydrogen) atoms. The molecule has 0 spiro atoms. The van der Waals surface area contributed by atoms with Gasteiger partial charge in [0, 0.05) is 0 Å². The van der Waals surface area contributed by atoms with E-state index in [9.17, 15) is 0 Å². The topological polar surface area (TPSA) is 40.5 Å². The van der Waals surface area contributed by atoms with E-state index >= 15 is 0 Å². The zero-order valence-electron chi connectivity index (χ0n) is 18.7. The summed E-state index contributed by atoms with van der Waals surface area (Å²) in [5.41, 5.74) is 2.24. The summed E-state index contributed by atoms with van der Waals surface area (Å²) in [6.45, 7) is 12.5. The van der Waals surface area contributed by atoms with Crippen molar-refractivity contribution in [2.24, 2.45) is 0 Å². The molecule has 0 heterocycles. The van der Waals surface area contributed by atoms with Crippen LogP contribution in [0.2, 0.25) is 0 Å². The van der Waals surface area contributed by atoms with E-state index in [0.717, 1.165) is 5.56 Å². The highest BCUT2D eigenvalue weighted by Crippen LogP contribution is 2.24. The number of halogens is 1. The molecule has 0 atom stereocenters. The molecule has 2 rings (SSSR count). The lowest BCUT2D eigenvalue weighted by Crippen LogP contribution is -2.10. The fourth-order valence-corrected chi connectivity index (χ4v) is 1.76. The first-order chi connectivity index (χ1) is 12.4. The molecule has 0 aromatic heterocycles. The van der Waals surface area contributed by atoms with Crippen molar-refractivity contribution in [1.29, 1.82) is 2.60 Å². The molecular weight excluding hydrogens is 320 g/mol. The Hall–Kier alpha value is -1.67. The number of rotatable bonds is 1. The van der Waals surface area contributed by atoms with E-state index in [1.165, 1.54) is 5.56 Å². The second-order valence-electron chi connectivity index (χ2n) is 7.41. The molecule has 2 aromatic carbocycles. The highest BCUT2D eigenvalue weighted by atomic mass is 35.5. The van der Waals surface area contributed by atoms with Crippen molar-refractivity contribution in [3.05, 3.63) is 59.6 Å². The molecule has 0 bridgehead atoms. The zero-order chi connectivity index (χ0) is 21.4. The molecule has 0 fully saturated rings. The van der Waals surface area contributed by atoms with Gasteiger partial charge < -0.3 is 10.2 Å². The maximum Gasteiger partial charge on any atom is 0.293 e. The van der Waals surface area contributed by atoms with Crippen molar-refractivity contribution < 1.29 is 13.0 Å². The molecule has 136 valence electrons. The lowest BCUT2D eigenvalue weighted by atomic mass is 9.87. The average molecular weight is 357 g/mol. The van der Waals surface area contributed by atoms with Crippen LogP contribution in [0.25, 0.3) is 0 Å². The summed E-state index contributed by atoms with van der Waals surface area (Å²) in [5, 5.41) is 13.2. The highest BCUT2D eigenvalue weighted by molar-refractivity contribution is 5.85. The van der Waals surface area contributed by atoms with E-state index in [0.29, 0.717) is 5.75 Å². The van der Waals surface area contributed by atoms with Crippen LogP contribution in [0.1, 0.15) is 62.8 Å². The molecule has 0 saturated carbocycles. The van der Waals surface area contributed by atoms with E-state index in [1.807, 2.05) is 32.9 Å². The van der Waals surface area contributed by atoms with E-state index < -0.39 is 0 Å². The molecule has 0 saturated heterocycles. The largest absolute Gasteiger partial charge is 0.508 e. The summed E-state index contributed by atoms with van der Waals surface area (Å²) in [7, 11) is 0. The van der Waals surface area contributed by atoms with Crippen LogP contribution in [0.4, 0.5) is 0 Å². The van der Waals surface area contributed by atoms with Crippen LogP contribution in [-0.2, 0) is 10.8 Å². The van der Waals surface area contributed by atoms with Gasteiger partial charge in [-0.3, -0.25) is 0 Å². The van der Waals surface area contributed by atoms with Gasteiger partial charge in [0.05, 0.1) is 2.74 Å². The highest BCUT2D eigenvalue weighted by Gasteiger charge is 2.13. The van der Waals surface area contributed by atoms with Gasteiger partial charge in [0.2, 0.25) is 0 Å². The molecule has 0 amide bonds. The molecule has 2 nitrogen and oxygen atoms in total. The first-order valence-electron chi connectivity index (χ1n) is 9.19. The van der Waals surface area contributed by atoms with Gasteiger partial charge in [-0.1, -0.05) is 73.2 Å². The molecule has 0 aliphatic heterocycles.